The van der Waals surface area contributed by atoms with Crippen LogP contribution in [0.25, 0.3) is 0 Å². The van der Waals surface area contributed by atoms with E-state index in [2.05, 4.69) is 40.1 Å². The van der Waals surface area contributed by atoms with Gasteiger partial charge in [0.25, 0.3) is 5.17 Å². The van der Waals surface area contributed by atoms with E-state index in [4.69, 9.17) is 17.0 Å². The minimum absolute atomic E-state index is 0.537. The van der Waals surface area contributed by atoms with Crippen molar-refractivity contribution in [1.29, 1.82) is 0 Å². The topological polar surface area (TPSA) is 15.7 Å². The van der Waals surface area contributed by atoms with E-state index in [9.17, 15) is 0 Å². The summed E-state index contributed by atoms with van der Waals surface area (Å²) in [5, 5.41) is 0.661. The van der Waals surface area contributed by atoms with Gasteiger partial charge in [-0.3, -0.25) is 4.90 Å². The molecule has 2 saturated heterocycles. The molecule has 0 saturated carbocycles. The fourth-order valence-electron chi connectivity index (χ4n) is 2.82. The second kappa shape index (κ2) is 5.24. The van der Waals surface area contributed by atoms with E-state index in [1.54, 1.807) is 0 Å². The van der Waals surface area contributed by atoms with Crippen molar-refractivity contribution in [3.05, 3.63) is 35.9 Å². The molecular weight excluding hydrogens is 244 g/mol. The van der Waals surface area contributed by atoms with Crippen LogP contribution in [-0.4, -0.2) is 41.3 Å². The smallest absolute Gasteiger partial charge is 0.260 e. The van der Waals surface area contributed by atoms with Crippen molar-refractivity contribution in [3.8, 4) is 0 Å². The Morgan fingerprint density at radius 2 is 2.06 bits per heavy atom. The first kappa shape index (κ1) is 11.9. The average Bonchev–Trinajstić information content (AvgIpc) is 3.01. The number of thiocarbonyl (C=S) groups is 1. The zero-order chi connectivity index (χ0) is 12.4. The fraction of sp³-hybridized carbons (Fsp3) is 0.500. The van der Waals surface area contributed by atoms with E-state index in [1.807, 2.05) is 0 Å². The van der Waals surface area contributed by atoms with Gasteiger partial charge in [0.1, 0.15) is 6.61 Å². The predicted molar refractivity (Wildman–Crippen MR) is 75.2 cm³/mol. The summed E-state index contributed by atoms with van der Waals surface area (Å²) in [7, 11) is 0. The van der Waals surface area contributed by atoms with Gasteiger partial charge in [-0.05, 0) is 30.6 Å². The highest BCUT2D eigenvalue weighted by Gasteiger charge is 2.29. The summed E-state index contributed by atoms with van der Waals surface area (Å²) in [6.45, 7) is 3.72. The number of benzene rings is 1. The lowest BCUT2D eigenvalue weighted by molar-refractivity contribution is 0.182. The molecule has 4 heteroatoms. The lowest BCUT2D eigenvalue weighted by Gasteiger charge is -2.29. The second-order valence-corrected chi connectivity index (χ2v) is 5.25. The molecule has 3 rings (SSSR count). The van der Waals surface area contributed by atoms with Crippen molar-refractivity contribution < 1.29 is 4.74 Å². The monoisotopic (exact) mass is 262 g/mol. The Labute approximate surface area is 113 Å². The first-order valence-electron chi connectivity index (χ1n) is 6.55. The van der Waals surface area contributed by atoms with Crippen LogP contribution in [0.4, 0.5) is 0 Å². The van der Waals surface area contributed by atoms with Crippen molar-refractivity contribution in [2.24, 2.45) is 0 Å². The van der Waals surface area contributed by atoms with Crippen molar-refractivity contribution in [2.45, 2.75) is 18.9 Å². The first-order valence-corrected chi connectivity index (χ1v) is 6.96. The highest BCUT2D eigenvalue weighted by Crippen LogP contribution is 2.31. The zero-order valence-corrected chi connectivity index (χ0v) is 11.2. The molecule has 0 amide bonds. The molecule has 2 aliphatic heterocycles. The third-order valence-electron chi connectivity index (χ3n) is 3.75. The molecule has 0 spiro atoms. The van der Waals surface area contributed by atoms with Crippen molar-refractivity contribution >= 4 is 17.4 Å². The molecule has 0 bridgehead atoms. The molecule has 18 heavy (non-hydrogen) atoms. The molecule has 2 aliphatic rings. The van der Waals surface area contributed by atoms with E-state index < -0.39 is 0 Å². The summed E-state index contributed by atoms with van der Waals surface area (Å²) in [6, 6.07) is 11.3. The first-order chi connectivity index (χ1) is 8.84. The number of hydrogen-bond acceptors (Lipinski definition) is 3. The molecule has 0 unspecified atom stereocenters. The van der Waals surface area contributed by atoms with Gasteiger partial charge in [-0.2, -0.15) is 0 Å². The van der Waals surface area contributed by atoms with E-state index in [-0.39, 0.29) is 0 Å². The normalized spacial score (nSPS) is 24.6. The predicted octanol–water partition coefficient (Wildman–Crippen LogP) is 2.40. The maximum absolute atomic E-state index is 5.35. The Balaban J connectivity index is 1.70. The SMILES string of the molecule is S=C1OCCN1CN1CCC[C@@H]1c1ccccc1. The summed E-state index contributed by atoms with van der Waals surface area (Å²) in [5.41, 5.74) is 1.42. The fourth-order valence-corrected chi connectivity index (χ4v) is 3.05. The molecular formula is C14H18N2OS. The molecule has 1 atom stereocenters. The maximum Gasteiger partial charge on any atom is 0.260 e. The minimum atomic E-state index is 0.537. The Morgan fingerprint density at radius 3 is 2.78 bits per heavy atom. The number of hydrogen-bond donors (Lipinski definition) is 0. The summed E-state index contributed by atoms with van der Waals surface area (Å²) in [4.78, 5) is 4.67. The molecule has 0 N–H and O–H groups in total. The van der Waals surface area contributed by atoms with Gasteiger partial charge in [0, 0.05) is 12.6 Å². The Bertz CT molecular complexity index is 423. The van der Waals surface area contributed by atoms with Gasteiger partial charge < -0.3 is 9.64 Å². The Hall–Kier alpha value is -1.13. The van der Waals surface area contributed by atoms with Gasteiger partial charge in [0.05, 0.1) is 13.2 Å². The standard InChI is InChI=1S/C14H18N2OS/c18-14-16(9-10-17-14)11-15-8-4-7-13(15)12-5-2-1-3-6-12/h1-3,5-6,13H,4,7-11H2/t13-/m1/s1. The van der Waals surface area contributed by atoms with Crippen molar-refractivity contribution in [3.63, 3.8) is 0 Å². The maximum atomic E-state index is 5.35. The van der Waals surface area contributed by atoms with Crippen molar-refractivity contribution in [1.82, 2.24) is 9.80 Å². The summed E-state index contributed by atoms with van der Waals surface area (Å²) in [6.07, 6.45) is 2.51. The largest absolute Gasteiger partial charge is 0.469 e. The van der Waals surface area contributed by atoms with Crippen molar-refractivity contribution in [2.75, 3.05) is 26.4 Å². The third kappa shape index (κ3) is 2.35. The van der Waals surface area contributed by atoms with Crippen LogP contribution in [0.5, 0.6) is 0 Å². The lowest BCUT2D eigenvalue weighted by atomic mass is 10.1. The average molecular weight is 262 g/mol. The summed E-state index contributed by atoms with van der Waals surface area (Å²) < 4.78 is 5.35. The third-order valence-corrected chi connectivity index (χ3v) is 4.12. The van der Waals surface area contributed by atoms with Crippen LogP contribution < -0.4 is 0 Å². The van der Waals surface area contributed by atoms with E-state index in [0.29, 0.717) is 11.2 Å². The highest BCUT2D eigenvalue weighted by molar-refractivity contribution is 7.80. The van der Waals surface area contributed by atoms with E-state index in [1.165, 1.54) is 18.4 Å². The van der Waals surface area contributed by atoms with Gasteiger partial charge in [0.2, 0.25) is 0 Å². The number of ether oxygens (including phenoxy) is 1. The van der Waals surface area contributed by atoms with Crippen LogP contribution in [-0.2, 0) is 4.74 Å². The van der Waals surface area contributed by atoms with Gasteiger partial charge in [0.15, 0.2) is 0 Å². The molecule has 1 aromatic carbocycles. The Kier molecular flexibility index (Phi) is 3.48. The van der Waals surface area contributed by atoms with Crippen LogP contribution in [0.15, 0.2) is 30.3 Å². The van der Waals surface area contributed by atoms with Crippen LogP contribution >= 0.6 is 12.2 Å². The van der Waals surface area contributed by atoms with Crippen LogP contribution in [0.2, 0.25) is 0 Å². The quantitative estimate of drug-likeness (QED) is 0.777. The number of likely N-dealkylation sites (tertiary alicyclic amines) is 1. The highest BCUT2D eigenvalue weighted by atomic mass is 32.1. The summed E-state index contributed by atoms with van der Waals surface area (Å²) in [5.74, 6) is 0. The van der Waals surface area contributed by atoms with Gasteiger partial charge in [-0.25, -0.2) is 0 Å². The van der Waals surface area contributed by atoms with Gasteiger partial charge in [-0.1, -0.05) is 30.3 Å². The van der Waals surface area contributed by atoms with Crippen LogP contribution in [0.3, 0.4) is 0 Å². The van der Waals surface area contributed by atoms with Gasteiger partial charge in [-0.15, -0.1) is 0 Å². The minimum Gasteiger partial charge on any atom is -0.469 e. The zero-order valence-electron chi connectivity index (χ0n) is 10.4. The molecule has 0 aliphatic carbocycles. The molecule has 0 radical (unpaired) electrons. The van der Waals surface area contributed by atoms with E-state index in [0.717, 1.165) is 26.4 Å². The van der Waals surface area contributed by atoms with Crippen LogP contribution in [0, 0.1) is 0 Å². The summed E-state index contributed by atoms with van der Waals surface area (Å²) >= 11 is 5.21. The van der Waals surface area contributed by atoms with E-state index >= 15 is 0 Å². The van der Waals surface area contributed by atoms with Crippen LogP contribution in [0.1, 0.15) is 24.4 Å². The number of nitrogens with zero attached hydrogens (tertiary/aromatic N) is 2. The second-order valence-electron chi connectivity index (χ2n) is 4.90. The molecule has 96 valence electrons. The lowest BCUT2D eigenvalue weighted by Crippen LogP contribution is -2.38. The molecule has 0 aromatic heterocycles. The molecule has 2 fully saturated rings. The molecule has 1 aromatic rings. The molecule has 2 heterocycles. The molecule has 3 nitrogen and oxygen atoms in total. The van der Waals surface area contributed by atoms with Gasteiger partial charge >= 0.3 is 0 Å². The number of rotatable bonds is 3. The Morgan fingerprint density at radius 1 is 1.22 bits per heavy atom.